The molecule has 4 aliphatic carbocycles. The molecule has 101 heavy (non-hydrogen) atoms. The van der Waals surface area contributed by atoms with Gasteiger partial charge in [-0.25, -0.2) is 24.4 Å². The number of carboxylic acid groups (broad SMARTS) is 1. The Bertz CT molecular complexity index is 4120. The van der Waals surface area contributed by atoms with Crippen molar-refractivity contribution in [2.45, 2.75) is 176 Å². The third kappa shape index (κ3) is 19.3. The highest BCUT2D eigenvalue weighted by atomic mass is 32.2. The van der Waals surface area contributed by atoms with Gasteiger partial charge >= 0.3 is 18.1 Å². The van der Waals surface area contributed by atoms with Gasteiger partial charge < -0.3 is 46.1 Å². The van der Waals surface area contributed by atoms with Crippen LogP contribution in [0.25, 0.3) is 21.3 Å². The summed E-state index contributed by atoms with van der Waals surface area (Å²) >= 11 is 1.40. The second kappa shape index (κ2) is 32.1. The number of carboxylic acids is 1. The van der Waals surface area contributed by atoms with Crippen molar-refractivity contribution in [1.82, 2.24) is 40.6 Å². The molecular formula is C74H95N11O14S2. The number of amides is 6. The first-order valence-corrected chi connectivity index (χ1v) is 37.5. The summed E-state index contributed by atoms with van der Waals surface area (Å²) in [5.74, 6) is -3.45. The van der Waals surface area contributed by atoms with E-state index in [1.165, 1.54) is 16.2 Å². The fourth-order valence-corrected chi connectivity index (χ4v) is 18.0. The van der Waals surface area contributed by atoms with Crippen molar-refractivity contribution in [3.8, 4) is 11.1 Å². The maximum absolute atomic E-state index is 14.0. The molecule has 4 saturated carbocycles. The zero-order valence-electron chi connectivity index (χ0n) is 58.6. The number of ether oxygens (including phenoxy) is 2. The lowest BCUT2D eigenvalue weighted by atomic mass is 9.39. The van der Waals surface area contributed by atoms with Crippen LogP contribution in [-0.4, -0.2) is 147 Å². The molecule has 3 aromatic heterocycles. The van der Waals surface area contributed by atoms with Crippen molar-refractivity contribution in [1.29, 1.82) is 0 Å². The van der Waals surface area contributed by atoms with Gasteiger partial charge in [-0.1, -0.05) is 101 Å². The first-order valence-electron chi connectivity index (χ1n) is 35.0. The van der Waals surface area contributed by atoms with Gasteiger partial charge in [0.25, 0.3) is 16.0 Å². The lowest BCUT2D eigenvalue weighted by Crippen LogP contribution is -2.64. The van der Waals surface area contributed by atoms with Gasteiger partial charge in [-0.2, -0.15) is 13.5 Å². The molecule has 0 radical (unpaired) electrons. The molecule has 8 N–H and O–H groups in total. The summed E-state index contributed by atoms with van der Waals surface area (Å²) in [7, 11) is -4.49. The van der Waals surface area contributed by atoms with Gasteiger partial charge in [0, 0.05) is 99.8 Å². The van der Waals surface area contributed by atoms with Gasteiger partial charge in [0.15, 0.2) is 16.6 Å². The van der Waals surface area contributed by atoms with Crippen molar-refractivity contribution in [3.05, 3.63) is 124 Å². The standard InChI is InChI=1S/C74H95N11O14S2/c1-7-63(88)76-28-12-8-9-16-52(86)36-55(47(2)3)66(90)79-58(19-14-29-77-68(75)93)60(87)35-49-21-23-50(24-22-49)39-98-70(94)83(32-34-101(95,96)97)31-33-99-74-43-71(5)40-72(6,44-74)42-73(41-71,45-74)46-85-48(4)56(37-78-85)53-25-26-62(81-64(53)67(91)92)84-30-27-51-15-13-17-54(57(51)38-84)65(89)82-69-80-59-18-10-11-20-61(59)100-69/h10-11,13,15,17-18,20-26,37,47,55,58H,7-9,12,14,16,19,27-36,38-46H2,1-6H3,(H,76,88)(H,79,90)(H,91,92)(H3,75,77,93)(H,80,82,89)(H,95,96,97)/t55-,58-,71?,72?,73?,74?/m0/s1. The van der Waals surface area contributed by atoms with Crippen molar-refractivity contribution in [2.24, 2.45) is 33.8 Å². The number of urea groups is 1. The van der Waals surface area contributed by atoms with E-state index in [2.05, 4.69) is 40.1 Å². The van der Waals surface area contributed by atoms with Crippen LogP contribution in [0.5, 0.6) is 0 Å². The first-order chi connectivity index (χ1) is 48.0. The number of nitrogens with two attached hydrogens (primary N) is 1. The quantitative estimate of drug-likeness (QED) is 0.0144. The smallest absolute Gasteiger partial charge is 0.410 e. The lowest BCUT2D eigenvalue weighted by molar-refractivity contribution is -0.248. The predicted molar refractivity (Wildman–Crippen MR) is 383 cm³/mol. The van der Waals surface area contributed by atoms with Gasteiger partial charge in [-0.15, -0.1) is 0 Å². The van der Waals surface area contributed by atoms with E-state index in [9.17, 15) is 56.4 Å². The maximum atomic E-state index is 14.0. The minimum atomic E-state index is -4.49. The number of anilines is 2. The summed E-state index contributed by atoms with van der Waals surface area (Å²) in [6.07, 6.45) is 9.78. The fourth-order valence-electron chi connectivity index (χ4n) is 16.7. The number of rotatable bonds is 35. The first kappa shape index (κ1) is 75.0. The molecule has 0 saturated heterocycles. The number of nitrogens with zero attached hydrogens (tertiary/aromatic N) is 6. The average molecular weight is 1430 g/mol. The Morgan fingerprint density at radius 2 is 1.55 bits per heavy atom. The van der Waals surface area contributed by atoms with E-state index >= 15 is 0 Å². The van der Waals surface area contributed by atoms with Crippen LogP contribution >= 0.6 is 11.3 Å². The van der Waals surface area contributed by atoms with E-state index in [4.69, 9.17) is 25.3 Å². The number of primary amides is 1. The van der Waals surface area contributed by atoms with Crippen molar-refractivity contribution in [3.63, 3.8) is 0 Å². The van der Waals surface area contributed by atoms with Crippen LogP contribution in [0.2, 0.25) is 0 Å². The van der Waals surface area contributed by atoms with E-state index in [1.807, 2.05) is 72.8 Å². The zero-order valence-corrected chi connectivity index (χ0v) is 60.2. The Morgan fingerprint density at radius 1 is 0.822 bits per heavy atom. The van der Waals surface area contributed by atoms with E-state index in [1.54, 1.807) is 49.5 Å². The lowest BCUT2D eigenvalue weighted by Gasteiger charge is -2.69. The van der Waals surface area contributed by atoms with Gasteiger partial charge in [0.2, 0.25) is 11.8 Å². The average Bonchev–Trinajstić information content (AvgIpc) is 0.890. The Kier molecular flexibility index (Phi) is 23.9. The largest absolute Gasteiger partial charge is 0.476 e. The fraction of sp³-hybridized carbons (Fsp3) is 0.527. The Balaban J connectivity index is 0.753. The van der Waals surface area contributed by atoms with Crippen molar-refractivity contribution < 1.29 is 65.9 Å². The topological polar surface area (TPSA) is 354 Å². The van der Waals surface area contributed by atoms with Crippen LogP contribution in [0.15, 0.2) is 85.1 Å². The molecule has 4 atom stereocenters. The van der Waals surface area contributed by atoms with Crippen LogP contribution in [0, 0.1) is 35.0 Å². The number of carbonyl (C=O) groups is 8. The Labute approximate surface area is 593 Å². The number of unbranched alkanes of at least 4 members (excludes halogenated alkanes) is 2. The van der Waals surface area contributed by atoms with Crippen LogP contribution in [0.4, 0.5) is 20.5 Å². The summed E-state index contributed by atoms with van der Waals surface area (Å²) < 4.78 is 49.7. The SMILES string of the molecule is CCC(=O)NCCCCCC(=O)C[C@H](C(=O)N[C@@H](CCCNC(N)=O)C(=O)Cc1ccc(COC(=O)N(CCOC23CC4(C)CC(C)(CC(Cn5ncc(-c6ccc(N7CCc8cccc(C(=O)Nc9nc%10ccccc%10s9)c8C7)nc6C(=O)O)c5C)(C4)C2)C3)CCS(=O)(=O)O)cc1)C(C)C. The van der Waals surface area contributed by atoms with Crippen LogP contribution in [0.1, 0.15) is 173 Å². The van der Waals surface area contributed by atoms with Crippen molar-refractivity contribution >= 4 is 90.0 Å². The summed E-state index contributed by atoms with van der Waals surface area (Å²) in [5, 5.41) is 27.4. The van der Waals surface area contributed by atoms with Gasteiger partial charge in [-0.05, 0) is 152 Å². The third-order valence-electron chi connectivity index (χ3n) is 20.4. The molecule has 5 aliphatic rings. The summed E-state index contributed by atoms with van der Waals surface area (Å²) in [6, 6.07) is 22.1. The molecule has 4 bridgehead atoms. The minimum Gasteiger partial charge on any atom is -0.476 e. The molecule has 6 amide bonds. The van der Waals surface area contributed by atoms with E-state index in [-0.39, 0.29) is 110 Å². The molecule has 0 spiro atoms. The number of nitrogens with one attached hydrogen (secondary N) is 4. The summed E-state index contributed by atoms with van der Waals surface area (Å²) in [4.78, 5) is 117. The van der Waals surface area contributed by atoms with Crippen LogP contribution < -0.4 is 31.9 Å². The summed E-state index contributed by atoms with van der Waals surface area (Å²) in [5.41, 5.74) is 10.3. The Morgan fingerprint density at radius 3 is 2.26 bits per heavy atom. The van der Waals surface area contributed by atoms with E-state index in [0.29, 0.717) is 97.0 Å². The van der Waals surface area contributed by atoms with Gasteiger partial charge in [-0.3, -0.25) is 38.5 Å². The molecule has 25 nitrogen and oxygen atoms in total. The Hall–Kier alpha value is -8.66. The molecule has 3 aromatic carbocycles. The molecule has 11 rings (SSSR count). The third-order valence-corrected chi connectivity index (χ3v) is 22.1. The zero-order chi connectivity index (χ0) is 72.4. The number of para-hydroxylation sites is 1. The number of fused-ring (bicyclic) bond motifs is 2. The molecule has 4 fully saturated rings. The number of ketones is 2. The maximum Gasteiger partial charge on any atom is 0.410 e. The molecule has 4 heterocycles. The minimum absolute atomic E-state index is 0.00788. The molecule has 542 valence electrons. The molecular weight excluding hydrogens is 1330 g/mol. The molecule has 2 unspecified atom stereocenters. The molecule has 6 aromatic rings. The van der Waals surface area contributed by atoms with E-state index < -0.39 is 57.4 Å². The second-order valence-corrected chi connectivity index (χ2v) is 31.9. The van der Waals surface area contributed by atoms with Crippen LogP contribution in [-0.2, 0) is 71.3 Å². The second-order valence-electron chi connectivity index (χ2n) is 29.3. The summed E-state index contributed by atoms with van der Waals surface area (Å²) in [6.45, 7) is 13.6. The van der Waals surface area contributed by atoms with Crippen LogP contribution in [0.3, 0.4) is 0 Å². The van der Waals surface area contributed by atoms with Gasteiger partial charge in [0.05, 0.1) is 40.4 Å². The highest BCUT2D eigenvalue weighted by molar-refractivity contribution is 7.85. The van der Waals surface area contributed by atoms with Crippen molar-refractivity contribution in [2.75, 3.05) is 55.3 Å². The number of aromatic nitrogens is 4. The number of hydrogen-bond donors (Lipinski definition) is 7. The van der Waals surface area contributed by atoms with Gasteiger partial charge in [0.1, 0.15) is 18.2 Å². The molecule has 1 aliphatic heterocycles. The highest BCUT2D eigenvalue weighted by Gasteiger charge is 2.66. The molecule has 27 heteroatoms. The number of carbonyl (C=O) groups excluding carboxylic acids is 7. The predicted octanol–water partition coefficient (Wildman–Crippen LogP) is 10.4. The number of thiazole rings is 1. The number of aromatic carboxylic acids is 1. The highest BCUT2D eigenvalue weighted by Crippen LogP contribution is 2.72. The number of Topliss-reactive ketones (excluding diaryl/α,β-unsaturated/α-hetero) is 2. The van der Waals surface area contributed by atoms with E-state index in [0.717, 1.165) is 72.0 Å². The number of benzene rings is 3. The normalized spacial score (nSPS) is 20.4. The monoisotopic (exact) mass is 1430 g/mol. The number of hydrogen-bond acceptors (Lipinski definition) is 17. The number of pyridine rings is 1.